The quantitative estimate of drug-likeness (QED) is 0.689. The van der Waals surface area contributed by atoms with Gasteiger partial charge in [0.15, 0.2) is 0 Å². The van der Waals surface area contributed by atoms with E-state index in [1.165, 1.54) is 19.3 Å². The SMILES string of the molecule is O=C(NCCNC1CCCC1C1COCCN1)c1ccccc1. The van der Waals surface area contributed by atoms with E-state index in [0.717, 1.165) is 31.9 Å². The lowest BCUT2D eigenvalue weighted by atomic mass is 9.94. The number of benzene rings is 1. The van der Waals surface area contributed by atoms with Crippen molar-refractivity contribution in [2.75, 3.05) is 32.8 Å². The van der Waals surface area contributed by atoms with Crippen LogP contribution in [0.25, 0.3) is 0 Å². The standard InChI is InChI=1S/C18H27N3O2/c22-18(14-5-2-1-3-6-14)21-10-9-19-16-8-4-7-15(16)17-13-23-12-11-20-17/h1-3,5-6,15-17,19-20H,4,7-13H2,(H,21,22). The number of carbonyl (C=O) groups excluding carboxylic acids is 1. The van der Waals surface area contributed by atoms with E-state index in [-0.39, 0.29) is 5.91 Å². The first-order chi connectivity index (χ1) is 11.3. The summed E-state index contributed by atoms with van der Waals surface area (Å²) < 4.78 is 5.60. The summed E-state index contributed by atoms with van der Waals surface area (Å²) in [5, 5.41) is 10.2. The smallest absolute Gasteiger partial charge is 0.251 e. The molecule has 3 unspecified atom stereocenters. The van der Waals surface area contributed by atoms with Crippen LogP contribution < -0.4 is 16.0 Å². The maximum absolute atomic E-state index is 12.0. The van der Waals surface area contributed by atoms with Gasteiger partial charge in [-0.2, -0.15) is 0 Å². The Morgan fingerprint density at radius 2 is 2.09 bits per heavy atom. The number of rotatable bonds is 6. The van der Waals surface area contributed by atoms with E-state index in [2.05, 4.69) is 16.0 Å². The van der Waals surface area contributed by atoms with Crippen molar-refractivity contribution >= 4 is 5.91 Å². The molecule has 0 aromatic heterocycles. The normalized spacial score (nSPS) is 27.7. The van der Waals surface area contributed by atoms with E-state index in [1.54, 1.807) is 0 Å². The highest BCUT2D eigenvalue weighted by Crippen LogP contribution is 2.29. The Hall–Kier alpha value is -1.43. The van der Waals surface area contributed by atoms with Crippen LogP contribution >= 0.6 is 0 Å². The van der Waals surface area contributed by atoms with Crippen LogP contribution in [0.1, 0.15) is 29.6 Å². The van der Waals surface area contributed by atoms with Crippen LogP contribution in [-0.2, 0) is 4.74 Å². The fraction of sp³-hybridized carbons (Fsp3) is 0.611. The number of hydrogen-bond donors (Lipinski definition) is 3. The van der Waals surface area contributed by atoms with Crippen molar-refractivity contribution in [1.82, 2.24) is 16.0 Å². The molecule has 1 saturated carbocycles. The highest BCUT2D eigenvalue weighted by Gasteiger charge is 2.34. The number of amides is 1. The van der Waals surface area contributed by atoms with Crippen molar-refractivity contribution in [3.8, 4) is 0 Å². The van der Waals surface area contributed by atoms with E-state index < -0.39 is 0 Å². The summed E-state index contributed by atoms with van der Waals surface area (Å²) in [5.41, 5.74) is 0.717. The molecule has 1 amide bonds. The summed E-state index contributed by atoms with van der Waals surface area (Å²) >= 11 is 0. The summed E-state index contributed by atoms with van der Waals surface area (Å²) in [4.78, 5) is 12.0. The fourth-order valence-electron chi connectivity index (χ4n) is 3.71. The van der Waals surface area contributed by atoms with Crippen LogP contribution in [0, 0.1) is 5.92 Å². The summed E-state index contributed by atoms with van der Waals surface area (Å²) in [7, 11) is 0. The molecular formula is C18H27N3O2. The first-order valence-corrected chi connectivity index (χ1v) is 8.72. The van der Waals surface area contributed by atoms with Crippen molar-refractivity contribution in [2.24, 2.45) is 5.92 Å². The molecule has 2 aliphatic rings. The monoisotopic (exact) mass is 317 g/mol. The molecule has 23 heavy (non-hydrogen) atoms. The van der Waals surface area contributed by atoms with Crippen molar-refractivity contribution in [3.05, 3.63) is 35.9 Å². The molecule has 3 rings (SSSR count). The van der Waals surface area contributed by atoms with Crippen LogP contribution in [-0.4, -0.2) is 50.8 Å². The average molecular weight is 317 g/mol. The summed E-state index contributed by atoms with van der Waals surface area (Å²) in [6.45, 7) is 4.08. The van der Waals surface area contributed by atoms with E-state index in [1.807, 2.05) is 30.3 Å². The second-order valence-corrected chi connectivity index (χ2v) is 6.41. The predicted octanol–water partition coefficient (Wildman–Crippen LogP) is 1.16. The molecule has 5 nitrogen and oxygen atoms in total. The third-order valence-corrected chi connectivity index (χ3v) is 4.89. The van der Waals surface area contributed by atoms with Gasteiger partial charge in [0.05, 0.1) is 13.2 Å². The highest BCUT2D eigenvalue weighted by atomic mass is 16.5. The van der Waals surface area contributed by atoms with E-state index in [9.17, 15) is 4.79 Å². The molecule has 3 N–H and O–H groups in total. The molecule has 1 aromatic carbocycles. The number of carbonyl (C=O) groups is 1. The maximum Gasteiger partial charge on any atom is 0.251 e. The minimum Gasteiger partial charge on any atom is -0.379 e. The van der Waals surface area contributed by atoms with Gasteiger partial charge in [0.2, 0.25) is 0 Å². The Morgan fingerprint density at radius 1 is 1.22 bits per heavy atom. The van der Waals surface area contributed by atoms with Crippen molar-refractivity contribution in [2.45, 2.75) is 31.3 Å². The molecule has 1 heterocycles. The number of ether oxygens (including phenoxy) is 1. The zero-order valence-electron chi connectivity index (χ0n) is 13.6. The molecule has 3 atom stereocenters. The van der Waals surface area contributed by atoms with Crippen LogP contribution in [0.2, 0.25) is 0 Å². The molecule has 126 valence electrons. The van der Waals surface area contributed by atoms with Crippen molar-refractivity contribution < 1.29 is 9.53 Å². The zero-order valence-corrected chi connectivity index (χ0v) is 13.6. The Balaban J connectivity index is 1.39. The van der Waals surface area contributed by atoms with Crippen LogP contribution in [0.4, 0.5) is 0 Å². The molecule has 1 aromatic rings. The Morgan fingerprint density at radius 3 is 2.87 bits per heavy atom. The molecule has 2 fully saturated rings. The average Bonchev–Trinajstić information content (AvgIpc) is 3.08. The van der Waals surface area contributed by atoms with Gasteiger partial charge < -0.3 is 20.7 Å². The Kier molecular flexibility index (Phi) is 6.02. The minimum atomic E-state index is -0.00211. The first kappa shape index (κ1) is 16.4. The molecule has 5 heteroatoms. The molecule has 1 aliphatic heterocycles. The van der Waals surface area contributed by atoms with E-state index >= 15 is 0 Å². The van der Waals surface area contributed by atoms with Gasteiger partial charge in [0, 0.05) is 37.3 Å². The summed E-state index contributed by atoms with van der Waals surface area (Å²) in [6, 6.07) is 10.4. The van der Waals surface area contributed by atoms with Crippen LogP contribution in [0.5, 0.6) is 0 Å². The zero-order chi connectivity index (χ0) is 15.9. The largest absolute Gasteiger partial charge is 0.379 e. The Labute approximate surface area is 138 Å². The topological polar surface area (TPSA) is 62.4 Å². The van der Waals surface area contributed by atoms with Gasteiger partial charge in [-0.3, -0.25) is 4.79 Å². The Bertz CT molecular complexity index is 488. The van der Waals surface area contributed by atoms with E-state index in [4.69, 9.17) is 4.74 Å². The molecule has 0 spiro atoms. The van der Waals surface area contributed by atoms with Gasteiger partial charge in [-0.25, -0.2) is 0 Å². The van der Waals surface area contributed by atoms with Gasteiger partial charge in [-0.15, -0.1) is 0 Å². The maximum atomic E-state index is 12.0. The predicted molar refractivity (Wildman–Crippen MR) is 90.5 cm³/mol. The second-order valence-electron chi connectivity index (χ2n) is 6.41. The van der Waals surface area contributed by atoms with Crippen molar-refractivity contribution in [3.63, 3.8) is 0 Å². The van der Waals surface area contributed by atoms with Gasteiger partial charge in [0.25, 0.3) is 5.91 Å². The summed E-state index contributed by atoms with van der Waals surface area (Å²) in [5.74, 6) is 0.637. The lowest BCUT2D eigenvalue weighted by molar-refractivity contribution is 0.0526. The van der Waals surface area contributed by atoms with Gasteiger partial charge in [0.1, 0.15) is 0 Å². The molecule has 0 bridgehead atoms. The van der Waals surface area contributed by atoms with Gasteiger partial charge >= 0.3 is 0 Å². The molecule has 1 saturated heterocycles. The molecule has 0 radical (unpaired) electrons. The first-order valence-electron chi connectivity index (χ1n) is 8.72. The molecule has 1 aliphatic carbocycles. The number of nitrogens with one attached hydrogen (secondary N) is 3. The molecular weight excluding hydrogens is 290 g/mol. The van der Waals surface area contributed by atoms with Gasteiger partial charge in [-0.05, 0) is 30.9 Å². The van der Waals surface area contributed by atoms with Crippen LogP contribution in [0.15, 0.2) is 30.3 Å². The lowest BCUT2D eigenvalue weighted by Crippen LogP contribution is -2.51. The lowest BCUT2D eigenvalue weighted by Gasteiger charge is -2.33. The second kappa shape index (κ2) is 8.43. The van der Waals surface area contributed by atoms with Crippen molar-refractivity contribution in [1.29, 1.82) is 0 Å². The van der Waals surface area contributed by atoms with Crippen LogP contribution in [0.3, 0.4) is 0 Å². The third kappa shape index (κ3) is 4.53. The third-order valence-electron chi connectivity index (χ3n) is 4.89. The van der Waals surface area contributed by atoms with Gasteiger partial charge in [-0.1, -0.05) is 24.6 Å². The fourth-order valence-corrected chi connectivity index (χ4v) is 3.71. The van der Waals surface area contributed by atoms with E-state index in [0.29, 0.717) is 24.5 Å². The minimum absolute atomic E-state index is 0.00211. The number of morpholine rings is 1. The number of hydrogen-bond acceptors (Lipinski definition) is 4. The highest BCUT2D eigenvalue weighted by molar-refractivity contribution is 5.94. The summed E-state index contributed by atoms with van der Waals surface area (Å²) in [6.07, 6.45) is 3.75.